The van der Waals surface area contributed by atoms with E-state index >= 15 is 0 Å². The largest absolute Gasteiger partial charge is 0.497 e. The molecule has 2 fully saturated rings. The van der Waals surface area contributed by atoms with Crippen molar-refractivity contribution in [2.24, 2.45) is 5.92 Å². The molecule has 6 nitrogen and oxygen atoms in total. The van der Waals surface area contributed by atoms with Gasteiger partial charge in [-0.05, 0) is 23.6 Å². The number of hydrogen-bond acceptors (Lipinski definition) is 5. The normalized spacial score (nSPS) is 22.2. The zero-order valence-electron chi connectivity index (χ0n) is 16.0. The molecule has 0 spiro atoms. The smallest absolute Gasteiger partial charge is 0.223 e. The number of amides is 1. The van der Waals surface area contributed by atoms with Gasteiger partial charge in [0, 0.05) is 65.9 Å². The van der Waals surface area contributed by atoms with Crippen LogP contribution < -0.4 is 4.74 Å². The number of piperazine rings is 1. The van der Waals surface area contributed by atoms with Gasteiger partial charge in [0.05, 0.1) is 13.7 Å². The Bertz CT molecular complexity index is 587. The Morgan fingerprint density at radius 3 is 2.62 bits per heavy atom. The molecule has 1 amide bonds. The molecule has 2 heterocycles. The maximum atomic E-state index is 12.1. The molecule has 0 N–H and O–H groups in total. The van der Waals surface area contributed by atoms with E-state index in [0.717, 1.165) is 58.1 Å². The second kappa shape index (κ2) is 9.35. The summed E-state index contributed by atoms with van der Waals surface area (Å²) in [6.45, 7) is 8.53. The van der Waals surface area contributed by atoms with Crippen molar-refractivity contribution in [2.75, 3.05) is 66.6 Å². The third-order valence-corrected chi connectivity index (χ3v) is 5.38. The summed E-state index contributed by atoms with van der Waals surface area (Å²) in [5, 5.41) is 0. The van der Waals surface area contributed by atoms with Gasteiger partial charge in [0.2, 0.25) is 5.91 Å². The summed E-state index contributed by atoms with van der Waals surface area (Å²) < 4.78 is 10.4. The van der Waals surface area contributed by atoms with Crippen molar-refractivity contribution in [2.45, 2.75) is 13.0 Å². The fourth-order valence-electron chi connectivity index (χ4n) is 3.92. The van der Waals surface area contributed by atoms with E-state index in [1.807, 2.05) is 11.0 Å². The van der Waals surface area contributed by atoms with Gasteiger partial charge < -0.3 is 19.3 Å². The van der Waals surface area contributed by atoms with Crippen LogP contribution in [0.25, 0.3) is 0 Å². The van der Waals surface area contributed by atoms with Gasteiger partial charge in [-0.25, -0.2) is 0 Å². The first-order valence-electron chi connectivity index (χ1n) is 9.52. The first kappa shape index (κ1) is 19.1. The fraction of sp³-hybridized carbons (Fsp3) is 0.650. The maximum Gasteiger partial charge on any atom is 0.223 e. The third-order valence-electron chi connectivity index (χ3n) is 5.38. The number of methoxy groups -OCH3 is 2. The molecule has 1 atom stereocenters. The molecule has 0 bridgehead atoms. The van der Waals surface area contributed by atoms with Crippen molar-refractivity contribution in [1.29, 1.82) is 0 Å². The van der Waals surface area contributed by atoms with Gasteiger partial charge in [0.15, 0.2) is 0 Å². The van der Waals surface area contributed by atoms with E-state index in [9.17, 15) is 4.79 Å². The van der Waals surface area contributed by atoms with E-state index in [-0.39, 0.29) is 5.91 Å². The zero-order valence-corrected chi connectivity index (χ0v) is 16.0. The molecule has 144 valence electrons. The first-order valence-corrected chi connectivity index (χ1v) is 9.52. The van der Waals surface area contributed by atoms with Gasteiger partial charge in [-0.15, -0.1) is 0 Å². The highest BCUT2D eigenvalue weighted by atomic mass is 16.5. The molecule has 0 aromatic heterocycles. The zero-order chi connectivity index (χ0) is 18.4. The minimum Gasteiger partial charge on any atom is -0.497 e. The third kappa shape index (κ3) is 5.19. The highest BCUT2D eigenvalue weighted by Crippen LogP contribution is 2.20. The summed E-state index contributed by atoms with van der Waals surface area (Å²) >= 11 is 0. The van der Waals surface area contributed by atoms with Crippen molar-refractivity contribution in [3.8, 4) is 5.75 Å². The summed E-state index contributed by atoms with van der Waals surface area (Å²) in [6.07, 6.45) is 0.688. The molecule has 6 heteroatoms. The van der Waals surface area contributed by atoms with Crippen molar-refractivity contribution >= 4 is 5.91 Å². The van der Waals surface area contributed by atoms with Gasteiger partial charge in [0.25, 0.3) is 0 Å². The fourth-order valence-corrected chi connectivity index (χ4v) is 3.92. The summed E-state index contributed by atoms with van der Waals surface area (Å²) in [5.74, 6) is 1.66. The van der Waals surface area contributed by atoms with Gasteiger partial charge >= 0.3 is 0 Å². The van der Waals surface area contributed by atoms with Crippen LogP contribution >= 0.6 is 0 Å². The number of carbonyl (C=O) groups is 1. The van der Waals surface area contributed by atoms with E-state index in [2.05, 4.69) is 28.0 Å². The van der Waals surface area contributed by atoms with Crippen LogP contribution in [0, 0.1) is 5.92 Å². The minimum absolute atomic E-state index is 0.281. The Balaban J connectivity index is 1.40. The van der Waals surface area contributed by atoms with Crippen LogP contribution in [0.15, 0.2) is 24.3 Å². The molecular formula is C20H31N3O3. The molecule has 1 aromatic carbocycles. The Hall–Kier alpha value is -1.63. The SMILES string of the molecule is COCCN1CC(CN2CCN(Cc3cccc(OC)c3)CC2)CC1=O. The highest BCUT2D eigenvalue weighted by Gasteiger charge is 2.31. The van der Waals surface area contributed by atoms with E-state index in [0.29, 0.717) is 18.9 Å². The van der Waals surface area contributed by atoms with Gasteiger partial charge in [-0.2, -0.15) is 0 Å². The standard InChI is InChI=1S/C20H31N3O3/c1-25-11-10-23-16-18(13-20(23)24)15-22-8-6-21(7-9-22)14-17-4-3-5-19(12-17)26-2/h3-5,12,18H,6-11,13-16H2,1-2H3. The van der Waals surface area contributed by atoms with Crippen LogP contribution in [-0.4, -0.2) is 87.2 Å². The summed E-state index contributed by atoms with van der Waals surface area (Å²) in [7, 11) is 3.39. The predicted octanol–water partition coefficient (Wildman–Crippen LogP) is 1.31. The number of likely N-dealkylation sites (tertiary alicyclic amines) is 1. The summed E-state index contributed by atoms with van der Waals surface area (Å²) in [5.41, 5.74) is 1.30. The van der Waals surface area contributed by atoms with Gasteiger partial charge in [-0.3, -0.25) is 9.69 Å². The monoisotopic (exact) mass is 361 g/mol. The molecule has 0 radical (unpaired) electrons. The Kier molecular flexibility index (Phi) is 6.88. The molecule has 0 aliphatic carbocycles. The Morgan fingerprint density at radius 1 is 1.12 bits per heavy atom. The molecule has 1 unspecified atom stereocenters. The molecule has 2 saturated heterocycles. The average molecular weight is 361 g/mol. The second-order valence-electron chi connectivity index (χ2n) is 7.33. The van der Waals surface area contributed by atoms with Gasteiger partial charge in [0.1, 0.15) is 5.75 Å². The van der Waals surface area contributed by atoms with Crippen LogP contribution in [0.1, 0.15) is 12.0 Å². The quantitative estimate of drug-likeness (QED) is 0.699. The van der Waals surface area contributed by atoms with Crippen LogP contribution in [0.5, 0.6) is 5.75 Å². The van der Waals surface area contributed by atoms with E-state index in [1.165, 1.54) is 5.56 Å². The molecule has 0 saturated carbocycles. The number of carbonyl (C=O) groups excluding carboxylic acids is 1. The van der Waals surface area contributed by atoms with Crippen molar-refractivity contribution in [1.82, 2.24) is 14.7 Å². The Morgan fingerprint density at radius 2 is 1.88 bits per heavy atom. The molecule has 3 rings (SSSR count). The molecule has 2 aliphatic rings. The number of nitrogens with zero attached hydrogens (tertiary/aromatic N) is 3. The van der Waals surface area contributed by atoms with E-state index < -0.39 is 0 Å². The average Bonchev–Trinajstić information content (AvgIpc) is 3.01. The molecular weight excluding hydrogens is 330 g/mol. The van der Waals surface area contributed by atoms with Crippen molar-refractivity contribution < 1.29 is 14.3 Å². The number of rotatable bonds is 8. The van der Waals surface area contributed by atoms with E-state index in [1.54, 1.807) is 14.2 Å². The van der Waals surface area contributed by atoms with Crippen molar-refractivity contribution in [3.05, 3.63) is 29.8 Å². The summed E-state index contributed by atoms with van der Waals surface area (Å²) in [6, 6.07) is 8.32. The summed E-state index contributed by atoms with van der Waals surface area (Å²) in [4.78, 5) is 19.0. The molecule has 26 heavy (non-hydrogen) atoms. The lowest BCUT2D eigenvalue weighted by atomic mass is 10.1. The van der Waals surface area contributed by atoms with Crippen LogP contribution in [0.3, 0.4) is 0 Å². The van der Waals surface area contributed by atoms with Crippen LogP contribution in [0.2, 0.25) is 0 Å². The lowest BCUT2D eigenvalue weighted by Gasteiger charge is -2.35. The molecule has 1 aromatic rings. The topological polar surface area (TPSA) is 45.2 Å². The predicted molar refractivity (Wildman–Crippen MR) is 101 cm³/mol. The van der Waals surface area contributed by atoms with Crippen molar-refractivity contribution in [3.63, 3.8) is 0 Å². The highest BCUT2D eigenvalue weighted by molar-refractivity contribution is 5.78. The minimum atomic E-state index is 0.281. The lowest BCUT2D eigenvalue weighted by Crippen LogP contribution is -2.47. The second-order valence-corrected chi connectivity index (χ2v) is 7.33. The number of ether oxygens (including phenoxy) is 2. The van der Waals surface area contributed by atoms with E-state index in [4.69, 9.17) is 9.47 Å². The number of benzene rings is 1. The Labute approximate surface area is 156 Å². The lowest BCUT2D eigenvalue weighted by molar-refractivity contribution is -0.128. The first-order chi connectivity index (χ1) is 12.7. The number of hydrogen-bond donors (Lipinski definition) is 0. The molecule has 2 aliphatic heterocycles. The van der Waals surface area contributed by atoms with Crippen LogP contribution in [0.4, 0.5) is 0 Å². The van der Waals surface area contributed by atoms with Gasteiger partial charge in [-0.1, -0.05) is 12.1 Å². The maximum absolute atomic E-state index is 12.1. The van der Waals surface area contributed by atoms with Crippen LogP contribution in [-0.2, 0) is 16.1 Å².